The van der Waals surface area contributed by atoms with Crippen LogP contribution >= 0.6 is 11.6 Å². The van der Waals surface area contributed by atoms with Crippen molar-refractivity contribution in [2.24, 2.45) is 11.8 Å². The van der Waals surface area contributed by atoms with Gasteiger partial charge in [0.2, 0.25) is 5.28 Å². The molecule has 2 atom stereocenters. The van der Waals surface area contributed by atoms with E-state index in [2.05, 4.69) is 14.9 Å². The molecule has 1 saturated heterocycles. The molecule has 2 fully saturated rings. The average Bonchev–Trinajstić information content (AvgIpc) is 3.09. The Morgan fingerprint density at radius 2 is 1.90 bits per heavy atom. The van der Waals surface area contributed by atoms with Gasteiger partial charge in [0.1, 0.15) is 12.4 Å². The summed E-state index contributed by atoms with van der Waals surface area (Å²) in [6, 6.07) is 9.72. The van der Waals surface area contributed by atoms with Gasteiger partial charge in [0.05, 0.1) is 12.2 Å². The maximum Gasteiger partial charge on any atom is 0.410 e. The molecular weight excluding hydrogens is 388 g/mol. The smallest absolute Gasteiger partial charge is 0.410 e. The molecule has 152 valence electrons. The molecule has 6 nitrogen and oxygen atoms in total. The Bertz CT molecular complexity index is 895. The summed E-state index contributed by atoms with van der Waals surface area (Å²) in [5.41, 5.74) is 2.97. The Balaban J connectivity index is 1.30. The molecule has 2 bridgehead atoms. The highest BCUT2D eigenvalue weighted by Gasteiger charge is 2.35. The summed E-state index contributed by atoms with van der Waals surface area (Å²) in [4.78, 5) is 25.7. The first-order valence-electron chi connectivity index (χ1n) is 10.4. The van der Waals surface area contributed by atoms with Crippen LogP contribution in [0.2, 0.25) is 5.28 Å². The zero-order valence-corrected chi connectivity index (χ0v) is 17.1. The summed E-state index contributed by atoms with van der Waals surface area (Å²) in [5.74, 6) is 2.52. The third-order valence-electron chi connectivity index (χ3n) is 6.39. The van der Waals surface area contributed by atoms with Crippen molar-refractivity contribution < 1.29 is 9.53 Å². The molecule has 2 aliphatic heterocycles. The second-order valence-electron chi connectivity index (χ2n) is 8.40. The molecule has 29 heavy (non-hydrogen) atoms. The highest BCUT2D eigenvalue weighted by atomic mass is 35.5. The number of benzene rings is 1. The lowest BCUT2D eigenvalue weighted by molar-refractivity contribution is 0.0912. The van der Waals surface area contributed by atoms with Crippen LogP contribution in [0.5, 0.6) is 0 Å². The number of aromatic nitrogens is 2. The highest BCUT2D eigenvalue weighted by Crippen LogP contribution is 2.39. The molecule has 0 N–H and O–H groups in total. The minimum Gasteiger partial charge on any atom is -0.445 e. The fourth-order valence-corrected chi connectivity index (χ4v) is 5.17. The number of nitrogens with zero attached hydrogens (tertiary/aromatic N) is 4. The van der Waals surface area contributed by atoms with Crippen LogP contribution in [0.1, 0.15) is 36.1 Å². The van der Waals surface area contributed by atoms with E-state index in [9.17, 15) is 4.79 Å². The predicted molar refractivity (Wildman–Crippen MR) is 111 cm³/mol. The summed E-state index contributed by atoms with van der Waals surface area (Å²) in [6.07, 6.45) is 4.41. The number of carbonyl (C=O) groups is 1. The number of carbonyl (C=O) groups excluding carboxylic acids is 1. The standard InChI is InChI=1S/C22H25ClN4O2/c23-21-24-19-13-26(22(28)29-14-15-4-2-1-3-5-15)9-8-18(19)20(25-21)27-11-16-6-7-17(10-16)12-27/h1-5,16-17H,6-14H2. The molecule has 3 heterocycles. The van der Waals surface area contributed by atoms with Crippen molar-refractivity contribution in [3.8, 4) is 0 Å². The second kappa shape index (κ2) is 7.82. The van der Waals surface area contributed by atoms with E-state index in [-0.39, 0.29) is 18.0 Å². The van der Waals surface area contributed by atoms with E-state index in [1.807, 2.05) is 30.3 Å². The van der Waals surface area contributed by atoms with Gasteiger partial charge in [0.25, 0.3) is 0 Å². The number of fused-ring (bicyclic) bond motifs is 3. The number of rotatable bonds is 3. The van der Waals surface area contributed by atoms with Gasteiger partial charge in [-0.25, -0.2) is 14.8 Å². The summed E-state index contributed by atoms with van der Waals surface area (Å²) >= 11 is 6.27. The Kier molecular flexibility index (Phi) is 5.04. The topological polar surface area (TPSA) is 58.6 Å². The molecule has 7 heteroatoms. The molecule has 1 aromatic heterocycles. The van der Waals surface area contributed by atoms with Crippen molar-refractivity contribution in [2.45, 2.75) is 38.8 Å². The molecule has 0 radical (unpaired) electrons. The van der Waals surface area contributed by atoms with E-state index < -0.39 is 0 Å². The quantitative estimate of drug-likeness (QED) is 0.711. The predicted octanol–water partition coefficient (Wildman–Crippen LogP) is 4.06. The van der Waals surface area contributed by atoms with E-state index in [4.69, 9.17) is 16.3 Å². The maximum absolute atomic E-state index is 12.6. The number of amides is 1. The van der Waals surface area contributed by atoms with E-state index in [0.29, 0.717) is 13.1 Å². The number of halogens is 1. The van der Waals surface area contributed by atoms with Crippen molar-refractivity contribution in [3.63, 3.8) is 0 Å². The summed E-state index contributed by atoms with van der Waals surface area (Å²) in [7, 11) is 0. The molecule has 1 amide bonds. The molecule has 5 rings (SSSR count). The maximum atomic E-state index is 12.6. The Labute approximate surface area is 175 Å². The first-order chi connectivity index (χ1) is 14.2. The van der Waals surface area contributed by atoms with Gasteiger partial charge in [-0.3, -0.25) is 0 Å². The SMILES string of the molecule is O=C(OCc1ccccc1)N1CCc2c(nc(Cl)nc2N2CC3CCC(C3)C2)C1. The van der Waals surface area contributed by atoms with E-state index in [1.165, 1.54) is 19.3 Å². The van der Waals surface area contributed by atoms with Gasteiger partial charge in [0.15, 0.2) is 0 Å². The van der Waals surface area contributed by atoms with Crippen molar-refractivity contribution >= 4 is 23.5 Å². The average molecular weight is 413 g/mol. The molecule has 3 aliphatic rings. The van der Waals surface area contributed by atoms with Gasteiger partial charge in [0, 0.05) is 25.2 Å². The van der Waals surface area contributed by atoms with Crippen molar-refractivity contribution in [3.05, 3.63) is 52.4 Å². The van der Waals surface area contributed by atoms with Gasteiger partial charge in [-0.15, -0.1) is 0 Å². The van der Waals surface area contributed by atoms with Crippen LogP contribution in [0.3, 0.4) is 0 Å². The lowest BCUT2D eigenvalue weighted by Crippen LogP contribution is -2.41. The Morgan fingerprint density at radius 3 is 2.66 bits per heavy atom. The zero-order chi connectivity index (χ0) is 19.8. The largest absolute Gasteiger partial charge is 0.445 e. The second-order valence-corrected chi connectivity index (χ2v) is 8.74. The molecule has 1 aliphatic carbocycles. The van der Waals surface area contributed by atoms with Crippen LogP contribution in [0.4, 0.5) is 10.6 Å². The summed E-state index contributed by atoms with van der Waals surface area (Å²) in [6.45, 7) is 3.41. The van der Waals surface area contributed by atoms with Crippen LogP contribution < -0.4 is 4.90 Å². The van der Waals surface area contributed by atoms with Crippen LogP contribution in [-0.4, -0.2) is 40.6 Å². The van der Waals surface area contributed by atoms with Crippen molar-refractivity contribution in [1.29, 1.82) is 0 Å². The molecule has 1 aromatic carbocycles. The lowest BCUT2D eigenvalue weighted by Gasteiger charge is -2.36. The van der Waals surface area contributed by atoms with Gasteiger partial charge >= 0.3 is 6.09 Å². The van der Waals surface area contributed by atoms with Gasteiger partial charge in [-0.1, -0.05) is 30.3 Å². The van der Waals surface area contributed by atoms with Gasteiger partial charge < -0.3 is 14.5 Å². The minimum absolute atomic E-state index is 0.260. The Morgan fingerprint density at radius 1 is 1.14 bits per heavy atom. The van der Waals surface area contributed by atoms with E-state index in [0.717, 1.165) is 54.0 Å². The van der Waals surface area contributed by atoms with Crippen LogP contribution in [0, 0.1) is 11.8 Å². The third kappa shape index (κ3) is 3.90. The van der Waals surface area contributed by atoms with E-state index >= 15 is 0 Å². The first kappa shape index (κ1) is 18.7. The number of hydrogen-bond donors (Lipinski definition) is 0. The third-order valence-corrected chi connectivity index (χ3v) is 6.55. The molecule has 0 spiro atoms. The molecule has 2 aromatic rings. The number of piperidine rings is 1. The van der Waals surface area contributed by atoms with Crippen LogP contribution in [-0.2, 0) is 24.3 Å². The lowest BCUT2D eigenvalue weighted by atomic mass is 9.97. The number of ether oxygens (including phenoxy) is 1. The zero-order valence-electron chi connectivity index (χ0n) is 16.4. The number of hydrogen-bond acceptors (Lipinski definition) is 5. The van der Waals surface area contributed by atoms with Gasteiger partial charge in [-0.05, 0) is 54.7 Å². The highest BCUT2D eigenvalue weighted by molar-refractivity contribution is 6.28. The minimum atomic E-state index is -0.313. The summed E-state index contributed by atoms with van der Waals surface area (Å²) in [5, 5.41) is 0.260. The molecule has 1 saturated carbocycles. The normalized spacial score (nSPS) is 23.1. The fraction of sp³-hybridized carbons (Fsp3) is 0.500. The van der Waals surface area contributed by atoms with Crippen LogP contribution in [0.25, 0.3) is 0 Å². The van der Waals surface area contributed by atoms with Crippen LogP contribution in [0.15, 0.2) is 30.3 Å². The first-order valence-corrected chi connectivity index (χ1v) is 10.8. The molecular formula is C22H25ClN4O2. The summed E-state index contributed by atoms with van der Waals surface area (Å²) < 4.78 is 5.50. The monoisotopic (exact) mass is 412 g/mol. The molecule has 2 unspecified atom stereocenters. The van der Waals surface area contributed by atoms with Crippen molar-refractivity contribution in [2.75, 3.05) is 24.5 Å². The van der Waals surface area contributed by atoms with E-state index in [1.54, 1.807) is 4.90 Å². The van der Waals surface area contributed by atoms with Crippen molar-refractivity contribution in [1.82, 2.24) is 14.9 Å². The fourth-order valence-electron chi connectivity index (χ4n) is 4.99. The number of anilines is 1. The van der Waals surface area contributed by atoms with Gasteiger partial charge in [-0.2, -0.15) is 0 Å². The Hall–Kier alpha value is -2.34.